The molecule has 1 saturated carbocycles. The maximum Gasteiger partial charge on any atom is 0.315 e. The van der Waals surface area contributed by atoms with Crippen LogP contribution in [-0.2, 0) is 14.3 Å². The molecule has 0 aromatic carbocycles. The highest BCUT2D eigenvalue weighted by molar-refractivity contribution is 8.00. The van der Waals surface area contributed by atoms with Crippen LogP contribution in [0.4, 0.5) is 0 Å². The summed E-state index contributed by atoms with van der Waals surface area (Å²) in [5.41, 5.74) is 0. The number of hydrogen-bond acceptors (Lipinski definition) is 4. The summed E-state index contributed by atoms with van der Waals surface area (Å²) in [6, 6.07) is 0.347. The van der Waals surface area contributed by atoms with Crippen molar-refractivity contribution in [3.63, 3.8) is 0 Å². The third-order valence-corrected chi connectivity index (χ3v) is 3.63. The fourth-order valence-electron chi connectivity index (χ4n) is 1.95. The average Bonchev–Trinajstić information content (AvgIpc) is 2.30. The van der Waals surface area contributed by atoms with E-state index in [1.807, 2.05) is 0 Å². The van der Waals surface area contributed by atoms with Crippen molar-refractivity contribution in [2.24, 2.45) is 0 Å². The van der Waals surface area contributed by atoms with E-state index in [4.69, 9.17) is 4.74 Å². The van der Waals surface area contributed by atoms with E-state index in [0.717, 1.165) is 12.8 Å². The van der Waals surface area contributed by atoms with Crippen LogP contribution in [0.2, 0.25) is 0 Å². The van der Waals surface area contributed by atoms with Crippen molar-refractivity contribution < 1.29 is 14.3 Å². The second-order valence-electron chi connectivity index (χ2n) is 4.20. The zero-order valence-electron chi connectivity index (χ0n) is 10.4. The van der Waals surface area contributed by atoms with Crippen LogP contribution >= 0.6 is 11.8 Å². The smallest absolute Gasteiger partial charge is 0.315 e. The van der Waals surface area contributed by atoms with Crippen molar-refractivity contribution in [1.82, 2.24) is 5.32 Å². The molecule has 98 valence electrons. The first-order valence-electron chi connectivity index (χ1n) is 6.25. The third kappa shape index (κ3) is 6.56. The number of esters is 1. The molecule has 0 radical (unpaired) electrons. The second-order valence-corrected chi connectivity index (χ2v) is 5.19. The third-order valence-electron chi connectivity index (χ3n) is 2.73. The zero-order chi connectivity index (χ0) is 12.5. The van der Waals surface area contributed by atoms with Crippen molar-refractivity contribution in [2.75, 3.05) is 18.1 Å². The van der Waals surface area contributed by atoms with Crippen molar-refractivity contribution in [3.05, 3.63) is 0 Å². The first kappa shape index (κ1) is 14.4. The van der Waals surface area contributed by atoms with E-state index in [1.165, 1.54) is 31.0 Å². The van der Waals surface area contributed by atoms with E-state index in [2.05, 4.69) is 5.32 Å². The molecule has 17 heavy (non-hydrogen) atoms. The maximum atomic E-state index is 11.6. The molecular weight excluding hydrogens is 238 g/mol. The van der Waals surface area contributed by atoms with Gasteiger partial charge >= 0.3 is 5.97 Å². The Hall–Kier alpha value is -0.710. The normalized spacial score (nSPS) is 16.5. The molecule has 0 aromatic rings. The second kappa shape index (κ2) is 8.39. The molecule has 0 aromatic heterocycles. The average molecular weight is 259 g/mol. The molecule has 0 saturated heterocycles. The molecule has 0 bridgehead atoms. The molecule has 1 aliphatic carbocycles. The number of rotatable bonds is 6. The maximum absolute atomic E-state index is 11.6. The SMILES string of the molecule is CCOC(=O)CSCC(=O)NC1CCCCC1. The van der Waals surface area contributed by atoms with Crippen LogP contribution in [0.3, 0.4) is 0 Å². The highest BCUT2D eigenvalue weighted by Gasteiger charge is 2.15. The molecule has 4 nitrogen and oxygen atoms in total. The van der Waals surface area contributed by atoms with Gasteiger partial charge in [-0.2, -0.15) is 0 Å². The van der Waals surface area contributed by atoms with Crippen LogP contribution < -0.4 is 5.32 Å². The van der Waals surface area contributed by atoms with Gasteiger partial charge in [-0.1, -0.05) is 19.3 Å². The Morgan fingerprint density at radius 3 is 2.59 bits per heavy atom. The van der Waals surface area contributed by atoms with Gasteiger partial charge in [0, 0.05) is 6.04 Å². The lowest BCUT2D eigenvalue weighted by molar-refractivity contribution is -0.139. The number of thioether (sulfide) groups is 1. The largest absolute Gasteiger partial charge is 0.465 e. The summed E-state index contributed by atoms with van der Waals surface area (Å²) in [6.07, 6.45) is 5.88. The number of carbonyl (C=O) groups excluding carboxylic acids is 2. The Morgan fingerprint density at radius 2 is 1.94 bits per heavy atom. The predicted molar refractivity (Wildman–Crippen MR) is 69.0 cm³/mol. The van der Waals surface area contributed by atoms with Gasteiger partial charge in [0.2, 0.25) is 5.91 Å². The van der Waals surface area contributed by atoms with Gasteiger partial charge in [-0.15, -0.1) is 11.8 Å². The number of ether oxygens (including phenoxy) is 1. The molecule has 5 heteroatoms. The minimum Gasteiger partial charge on any atom is -0.465 e. The van der Waals surface area contributed by atoms with Gasteiger partial charge in [-0.05, 0) is 19.8 Å². The molecule has 0 unspecified atom stereocenters. The molecule has 0 spiro atoms. The summed E-state index contributed by atoms with van der Waals surface area (Å²) in [5.74, 6) is 0.385. The van der Waals surface area contributed by atoms with E-state index < -0.39 is 0 Å². The fourth-order valence-corrected chi connectivity index (χ4v) is 2.57. The van der Waals surface area contributed by atoms with Gasteiger partial charge in [-0.25, -0.2) is 0 Å². The van der Waals surface area contributed by atoms with Crippen LogP contribution in [0.5, 0.6) is 0 Å². The fraction of sp³-hybridized carbons (Fsp3) is 0.833. The molecule has 0 aliphatic heterocycles. The van der Waals surface area contributed by atoms with Crippen LogP contribution in [0.1, 0.15) is 39.0 Å². The zero-order valence-corrected chi connectivity index (χ0v) is 11.2. The summed E-state index contributed by atoms with van der Waals surface area (Å²) >= 11 is 1.31. The number of amides is 1. The van der Waals surface area contributed by atoms with Gasteiger partial charge < -0.3 is 10.1 Å². The summed E-state index contributed by atoms with van der Waals surface area (Å²) in [7, 11) is 0. The Labute approximate surface area is 107 Å². The van der Waals surface area contributed by atoms with Gasteiger partial charge in [0.25, 0.3) is 0 Å². The Morgan fingerprint density at radius 1 is 1.24 bits per heavy atom. The van der Waals surface area contributed by atoms with Crippen molar-refractivity contribution in [1.29, 1.82) is 0 Å². The topological polar surface area (TPSA) is 55.4 Å². The standard InChI is InChI=1S/C12H21NO3S/c1-2-16-12(15)9-17-8-11(14)13-10-6-4-3-5-7-10/h10H,2-9H2,1H3,(H,13,14). The Kier molecular flexibility index (Phi) is 7.08. The first-order valence-corrected chi connectivity index (χ1v) is 7.40. The lowest BCUT2D eigenvalue weighted by atomic mass is 9.95. The molecule has 0 atom stereocenters. The highest BCUT2D eigenvalue weighted by atomic mass is 32.2. The lowest BCUT2D eigenvalue weighted by Gasteiger charge is -2.22. The molecule has 0 heterocycles. The highest BCUT2D eigenvalue weighted by Crippen LogP contribution is 2.17. The van der Waals surface area contributed by atoms with Gasteiger partial charge in [0.1, 0.15) is 0 Å². The number of carbonyl (C=O) groups is 2. The quantitative estimate of drug-likeness (QED) is 0.738. The molecule has 1 aliphatic rings. The Bertz CT molecular complexity index is 252. The van der Waals surface area contributed by atoms with E-state index in [9.17, 15) is 9.59 Å². The van der Waals surface area contributed by atoms with Crippen molar-refractivity contribution in [3.8, 4) is 0 Å². The molecule has 1 fully saturated rings. The van der Waals surface area contributed by atoms with Gasteiger partial charge in [-0.3, -0.25) is 9.59 Å². The van der Waals surface area contributed by atoms with Crippen molar-refractivity contribution >= 4 is 23.6 Å². The molecular formula is C12H21NO3S. The van der Waals surface area contributed by atoms with E-state index >= 15 is 0 Å². The number of hydrogen-bond donors (Lipinski definition) is 1. The van der Waals surface area contributed by atoms with Gasteiger partial charge in [0.05, 0.1) is 18.1 Å². The van der Waals surface area contributed by atoms with E-state index in [1.54, 1.807) is 6.92 Å². The van der Waals surface area contributed by atoms with Crippen LogP contribution in [0, 0.1) is 0 Å². The first-order chi connectivity index (χ1) is 8.22. The minimum atomic E-state index is -0.247. The minimum absolute atomic E-state index is 0.0335. The van der Waals surface area contributed by atoms with Crippen LogP contribution in [-0.4, -0.2) is 36.0 Å². The molecule has 1 amide bonds. The van der Waals surface area contributed by atoms with Gasteiger partial charge in [0.15, 0.2) is 0 Å². The molecule has 1 N–H and O–H groups in total. The monoisotopic (exact) mass is 259 g/mol. The summed E-state index contributed by atoms with van der Waals surface area (Å²) < 4.78 is 4.78. The summed E-state index contributed by atoms with van der Waals surface area (Å²) in [4.78, 5) is 22.6. The molecule has 1 rings (SSSR count). The Balaban J connectivity index is 2.06. The van der Waals surface area contributed by atoms with Crippen molar-refractivity contribution in [2.45, 2.75) is 45.1 Å². The lowest BCUT2D eigenvalue weighted by Crippen LogP contribution is -2.37. The summed E-state index contributed by atoms with van der Waals surface area (Å²) in [5, 5.41) is 3.01. The summed E-state index contributed by atoms with van der Waals surface area (Å²) in [6.45, 7) is 2.17. The van der Waals surface area contributed by atoms with E-state index in [-0.39, 0.29) is 17.6 Å². The van der Waals surface area contributed by atoms with Crippen LogP contribution in [0.15, 0.2) is 0 Å². The van der Waals surface area contributed by atoms with Crippen LogP contribution in [0.25, 0.3) is 0 Å². The predicted octanol–water partition coefficient (Wildman–Crippen LogP) is 1.73. The number of nitrogens with one attached hydrogen (secondary N) is 1. The van der Waals surface area contributed by atoms with E-state index in [0.29, 0.717) is 18.4 Å².